The molecule has 8 heteroatoms. The first-order chi connectivity index (χ1) is 14.5. The molecule has 1 aliphatic rings. The van der Waals surface area contributed by atoms with Crippen LogP contribution in [0.2, 0.25) is 0 Å². The Morgan fingerprint density at radius 1 is 1.30 bits per heavy atom. The van der Waals surface area contributed by atoms with Gasteiger partial charge in [0.1, 0.15) is 11.4 Å². The van der Waals surface area contributed by atoms with Crippen molar-refractivity contribution in [3.63, 3.8) is 0 Å². The Morgan fingerprint density at radius 3 is 2.73 bits per heavy atom. The van der Waals surface area contributed by atoms with Crippen molar-refractivity contribution in [3.05, 3.63) is 40.4 Å². The molecule has 1 aromatic heterocycles. The van der Waals surface area contributed by atoms with Crippen molar-refractivity contribution in [2.45, 2.75) is 44.2 Å². The topological polar surface area (TPSA) is 102 Å². The van der Waals surface area contributed by atoms with Gasteiger partial charge in [-0.3, -0.25) is 14.5 Å². The van der Waals surface area contributed by atoms with E-state index >= 15 is 0 Å². The number of aromatic amines is 1. The first kappa shape index (κ1) is 21.9. The highest BCUT2D eigenvalue weighted by atomic mass is 16.5. The van der Waals surface area contributed by atoms with Gasteiger partial charge in [-0.25, -0.2) is 4.98 Å². The molecule has 2 aromatic rings. The number of methoxy groups -OCH3 is 1. The number of likely N-dealkylation sites (N-methyl/N-ethyl adjacent to an activating group) is 1. The smallest absolute Gasteiger partial charge is 0.258 e. The van der Waals surface area contributed by atoms with Crippen molar-refractivity contribution >= 4 is 16.8 Å². The van der Waals surface area contributed by atoms with E-state index in [1.807, 2.05) is 11.0 Å². The van der Waals surface area contributed by atoms with Gasteiger partial charge in [-0.2, -0.15) is 5.26 Å². The molecule has 1 fully saturated rings. The molecule has 1 N–H and O–H groups in total. The number of nitrogens with one attached hydrogen (secondary N) is 1. The predicted octanol–water partition coefficient (Wildman–Crippen LogP) is 2.06. The number of nitrogens with zero attached hydrogens (tertiary/aromatic N) is 4. The Bertz CT molecular complexity index is 975. The van der Waals surface area contributed by atoms with E-state index in [9.17, 15) is 14.9 Å². The number of para-hydroxylation sites is 1. The molecule has 0 radical (unpaired) electrons. The normalized spacial score (nSPS) is 15.8. The number of fused-ring (bicyclic) bond motifs is 1. The molecule has 1 saturated carbocycles. The van der Waals surface area contributed by atoms with Crippen LogP contribution in [0.3, 0.4) is 0 Å². The first-order valence-electron chi connectivity index (χ1n) is 10.4. The van der Waals surface area contributed by atoms with E-state index in [2.05, 4.69) is 16.0 Å². The van der Waals surface area contributed by atoms with E-state index in [1.54, 1.807) is 37.3 Å². The van der Waals surface area contributed by atoms with Gasteiger partial charge in [0.05, 0.1) is 36.7 Å². The molecule has 30 heavy (non-hydrogen) atoms. The van der Waals surface area contributed by atoms with Gasteiger partial charge in [-0.1, -0.05) is 31.4 Å². The van der Waals surface area contributed by atoms with Gasteiger partial charge in [-0.15, -0.1) is 0 Å². The van der Waals surface area contributed by atoms with Crippen molar-refractivity contribution in [3.8, 4) is 6.07 Å². The second-order valence-corrected chi connectivity index (χ2v) is 7.89. The average Bonchev–Trinajstić information content (AvgIpc) is 2.77. The minimum atomic E-state index is -0.724. The van der Waals surface area contributed by atoms with Crippen molar-refractivity contribution in [1.82, 2.24) is 19.8 Å². The number of H-pyrrole nitrogens is 1. The third-order valence-corrected chi connectivity index (χ3v) is 5.91. The lowest BCUT2D eigenvalue weighted by Gasteiger charge is -2.39. The maximum Gasteiger partial charge on any atom is 0.258 e. The van der Waals surface area contributed by atoms with Gasteiger partial charge in [0.25, 0.3) is 5.56 Å². The summed E-state index contributed by atoms with van der Waals surface area (Å²) in [6.07, 6.45) is 4.45. The zero-order chi connectivity index (χ0) is 21.6. The first-order valence-corrected chi connectivity index (χ1v) is 10.4. The molecule has 0 aliphatic heterocycles. The molecule has 0 spiro atoms. The Hall–Kier alpha value is -2.76. The van der Waals surface area contributed by atoms with Crippen LogP contribution in [0.5, 0.6) is 0 Å². The fourth-order valence-electron chi connectivity index (χ4n) is 4.05. The minimum absolute atomic E-state index is 0.113. The van der Waals surface area contributed by atoms with Crippen molar-refractivity contribution in [2.75, 3.05) is 33.9 Å². The molecule has 3 rings (SSSR count). The fourth-order valence-corrected chi connectivity index (χ4v) is 4.05. The predicted molar refractivity (Wildman–Crippen MR) is 114 cm³/mol. The lowest BCUT2D eigenvalue weighted by molar-refractivity contribution is -0.136. The van der Waals surface area contributed by atoms with Gasteiger partial charge in [0, 0.05) is 20.7 Å². The lowest BCUT2D eigenvalue weighted by Crippen LogP contribution is -2.52. The third-order valence-electron chi connectivity index (χ3n) is 5.91. The van der Waals surface area contributed by atoms with Crippen LogP contribution in [0.15, 0.2) is 29.1 Å². The molecule has 0 atom stereocenters. The molecule has 1 heterocycles. The average molecular weight is 412 g/mol. The van der Waals surface area contributed by atoms with Crippen LogP contribution in [0.25, 0.3) is 10.9 Å². The van der Waals surface area contributed by atoms with Gasteiger partial charge < -0.3 is 14.6 Å². The van der Waals surface area contributed by atoms with E-state index in [4.69, 9.17) is 4.74 Å². The Labute approximate surface area is 176 Å². The van der Waals surface area contributed by atoms with Crippen LogP contribution >= 0.6 is 0 Å². The molecule has 160 valence electrons. The summed E-state index contributed by atoms with van der Waals surface area (Å²) in [6.45, 7) is 1.38. The number of carbonyl (C=O) groups excluding carboxylic acids is 1. The summed E-state index contributed by atoms with van der Waals surface area (Å²) in [4.78, 5) is 36.3. The summed E-state index contributed by atoms with van der Waals surface area (Å²) in [5.74, 6) is 0.385. The highest BCUT2D eigenvalue weighted by molar-refractivity contribution is 5.79. The lowest BCUT2D eigenvalue weighted by atomic mass is 9.81. The molecular formula is C22H29N5O3. The highest BCUT2D eigenvalue weighted by Crippen LogP contribution is 2.32. The number of benzene rings is 1. The number of hydrogen-bond acceptors (Lipinski definition) is 6. The van der Waals surface area contributed by atoms with Crippen LogP contribution < -0.4 is 5.56 Å². The second kappa shape index (κ2) is 9.83. The Kier molecular flexibility index (Phi) is 7.19. The monoisotopic (exact) mass is 411 g/mol. The van der Waals surface area contributed by atoms with Gasteiger partial charge in [0.2, 0.25) is 5.91 Å². The fraction of sp³-hybridized carbons (Fsp3) is 0.545. The maximum absolute atomic E-state index is 13.0. The number of ether oxygens (including phenoxy) is 1. The highest BCUT2D eigenvalue weighted by Gasteiger charge is 2.39. The van der Waals surface area contributed by atoms with E-state index in [1.165, 1.54) is 0 Å². The largest absolute Gasteiger partial charge is 0.383 e. The molecular weight excluding hydrogens is 382 g/mol. The summed E-state index contributed by atoms with van der Waals surface area (Å²) in [7, 11) is 3.33. The molecule has 0 saturated heterocycles. The van der Waals surface area contributed by atoms with Crippen LogP contribution in [0.1, 0.15) is 37.9 Å². The summed E-state index contributed by atoms with van der Waals surface area (Å²) in [5, 5.41) is 10.3. The Morgan fingerprint density at radius 2 is 2.03 bits per heavy atom. The Balaban J connectivity index is 1.76. The maximum atomic E-state index is 13.0. The van der Waals surface area contributed by atoms with Crippen LogP contribution in [0, 0.1) is 11.3 Å². The van der Waals surface area contributed by atoms with Crippen molar-refractivity contribution in [2.24, 2.45) is 0 Å². The van der Waals surface area contributed by atoms with Crippen LogP contribution in [-0.2, 0) is 16.1 Å². The quantitative estimate of drug-likeness (QED) is 0.713. The van der Waals surface area contributed by atoms with E-state index < -0.39 is 5.54 Å². The number of hydrogen-bond donors (Lipinski definition) is 1. The zero-order valence-corrected chi connectivity index (χ0v) is 17.7. The van der Waals surface area contributed by atoms with Crippen molar-refractivity contribution < 1.29 is 9.53 Å². The number of carbonyl (C=O) groups is 1. The van der Waals surface area contributed by atoms with Crippen LogP contribution in [0.4, 0.5) is 0 Å². The molecule has 1 amide bonds. The summed E-state index contributed by atoms with van der Waals surface area (Å²) >= 11 is 0. The summed E-state index contributed by atoms with van der Waals surface area (Å²) in [5.41, 5.74) is -0.300. The molecule has 8 nitrogen and oxygen atoms in total. The van der Waals surface area contributed by atoms with Crippen LogP contribution in [-0.4, -0.2) is 65.1 Å². The van der Waals surface area contributed by atoms with Crippen molar-refractivity contribution in [1.29, 1.82) is 5.26 Å². The number of nitriles is 1. The van der Waals surface area contributed by atoms with E-state index in [-0.39, 0.29) is 18.0 Å². The molecule has 1 aromatic carbocycles. The van der Waals surface area contributed by atoms with Gasteiger partial charge >= 0.3 is 0 Å². The minimum Gasteiger partial charge on any atom is -0.383 e. The zero-order valence-electron chi connectivity index (χ0n) is 17.7. The van der Waals surface area contributed by atoms with E-state index in [0.717, 1.165) is 19.3 Å². The van der Waals surface area contributed by atoms with Gasteiger partial charge in [-0.05, 0) is 25.0 Å². The summed E-state index contributed by atoms with van der Waals surface area (Å²) in [6, 6.07) is 9.56. The van der Waals surface area contributed by atoms with E-state index in [0.29, 0.717) is 49.3 Å². The molecule has 1 aliphatic carbocycles. The SMILES string of the molecule is COCCN(CC(=O)N(C)C1(C#N)CCCCC1)Cc1nc2ccccc2c(=O)[nH]1. The summed E-state index contributed by atoms with van der Waals surface area (Å²) < 4.78 is 5.19. The number of rotatable bonds is 8. The number of amides is 1. The standard InChI is InChI=1S/C22H29N5O3/c1-26(22(16-23)10-6-3-7-11-22)20(28)15-27(12-13-30-2)14-19-24-18-9-5-4-8-17(18)21(29)25-19/h4-5,8-9H,3,6-7,10-15H2,1-2H3,(H,24,25,29). The second-order valence-electron chi connectivity index (χ2n) is 7.89. The van der Waals surface area contributed by atoms with Gasteiger partial charge in [0.15, 0.2) is 0 Å². The molecule has 0 unspecified atom stereocenters. The third kappa shape index (κ3) is 4.86. The molecule has 0 bridgehead atoms. The number of aromatic nitrogens is 2.